The maximum Gasteiger partial charge on any atom is 0.272 e. The Hall–Kier alpha value is -2.99. The molecule has 6 heteroatoms. The molecule has 0 spiro atoms. The first-order valence-corrected chi connectivity index (χ1v) is 9.39. The highest BCUT2D eigenvalue weighted by molar-refractivity contribution is 7.93. The number of anilines is 1. The first kappa shape index (κ1) is 16.5. The molecule has 1 amide bonds. The lowest BCUT2D eigenvalue weighted by atomic mass is 10.0. The van der Waals surface area contributed by atoms with Gasteiger partial charge in [0.05, 0.1) is 10.6 Å². The van der Waals surface area contributed by atoms with Gasteiger partial charge in [-0.1, -0.05) is 29.8 Å². The van der Waals surface area contributed by atoms with Crippen molar-refractivity contribution in [3.05, 3.63) is 83.7 Å². The van der Waals surface area contributed by atoms with Crippen LogP contribution in [0.15, 0.2) is 71.6 Å². The quantitative estimate of drug-likeness (QED) is 0.649. The number of fused-ring (bicyclic) bond motifs is 3. The van der Waals surface area contributed by atoms with Gasteiger partial charge in [0.1, 0.15) is 5.82 Å². The van der Waals surface area contributed by atoms with Crippen LogP contribution in [-0.2, 0) is 10.0 Å². The minimum Gasteiger partial charge on any atom is -0.268 e. The highest BCUT2D eigenvalue weighted by Gasteiger charge is 2.39. The first-order chi connectivity index (χ1) is 12.4. The van der Waals surface area contributed by atoms with Crippen LogP contribution in [0, 0.1) is 12.7 Å². The van der Waals surface area contributed by atoms with E-state index in [0.717, 1.165) is 22.0 Å². The molecule has 0 unspecified atom stereocenters. The van der Waals surface area contributed by atoms with Gasteiger partial charge in [-0.15, -0.1) is 0 Å². The molecule has 1 aliphatic rings. The number of carbonyl (C=O) groups is 1. The molecule has 0 radical (unpaired) electrons. The van der Waals surface area contributed by atoms with Crippen molar-refractivity contribution in [2.24, 2.45) is 0 Å². The summed E-state index contributed by atoms with van der Waals surface area (Å²) in [7, 11) is -4.08. The van der Waals surface area contributed by atoms with Crippen LogP contribution in [-0.4, -0.2) is 14.3 Å². The molecule has 130 valence electrons. The Balaban J connectivity index is 1.98. The summed E-state index contributed by atoms with van der Waals surface area (Å²) >= 11 is 0. The molecular weight excluding hydrogens is 353 g/mol. The molecule has 0 saturated carbocycles. The van der Waals surface area contributed by atoms with E-state index in [1.54, 1.807) is 30.3 Å². The van der Waals surface area contributed by atoms with Crippen LogP contribution < -0.4 is 4.31 Å². The van der Waals surface area contributed by atoms with Gasteiger partial charge in [0.25, 0.3) is 15.9 Å². The number of nitrogens with zero attached hydrogens (tertiary/aromatic N) is 1. The average molecular weight is 367 g/mol. The fraction of sp³-hybridized carbons (Fsp3) is 0.0500. The van der Waals surface area contributed by atoms with E-state index < -0.39 is 21.7 Å². The Kier molecular flexibility index (Phi) is 3.66. The summed E-state index contributed by atoms with van der Waals surface area (Å²) in [6.45, 7) is 1.90. The highest BCUT2D eigenvalue weighted by Crippen LogP contribution is 2.43. The molecule has 0 bridgehead atoms. The molecule has 3 aromatic rings. The van der Waals surface area contributed by atoms with Gasteiger partial charge in [-0.3, -0.25) is 4.79 Å². The van der Waals surface area contributed by atoms with Crippen LogP contribution in [0.3, 0.4) is 0 Å². The van der Waals surface area contributed by atoms with Crippen LogP contribution >= 0.6 is 0 Å². The van der Waals surface area contributed by atoms with E-state index >= 15 is 0 Å². The molecule has 0 fully saturated rings. The van der Waals surface area contributed by atoms with Gasteiger partial charge < -0.3 is 0 Å². The van der Waals surface area contributed by atoms with Gasteiger partial charge >= 0.3 is 0 Å². The lowest BCUT2D eigenvalue weighted by Gasteiger charge is -2.30. The molecule has 4 rings (SSSR count). The van der Waals surface area contributed by atoms with Crippen molar-refractivity contribution in [1.82, 2.24) is 0 Å². The van der Waals surface area contributed by atoms with Crippen molar-refractivity contribution >= 4 is 21.6 Å². The summed E-state index contributed by atoms with van der Waals surface area (Å²) in [5.74, 6) is -1.21. The summed E-state index contributed by atoms with van der Waals surface area (Å²) < 4.78 is 40.3. The number of sulfonamides is 1. The second kappa shape index (κ2) is 5.78. The SMILES string of the molecule is Cc1ccc2c(c1)-c1ccccc1S(=O)(=O)N2C(=O)c1ccc(F)cc1. The molecule has 0 aromatic heterocycles. The van der Waals surface area contributed by atoms with E-state index in [2.05, 4.69) is 0 Å². The Morgan fingerprint density at radius 1 is 0.923 bits per heavy atom. The van der Waals surface area contributed by atoms with Gasteiger partial charge in [0, 0.05) is 16.7 Å². The van der Waals surface area contributed by atoms with E-state index in [4.69, 9.17) is 0 Å². The number of amides is 1. The third-order valence-corrected chi connectivity index (χ3v) is 6.10. The van der Waals surface area contributed by atoms with Gasteiger partial charge in [-0.25, -0.2) is 12.8 Å². The molecule has 4 nitrogen and oxygen atoms in total. The standard InChI is InChI=1S/C20H14FNO3S/c1-13-6-11-18-17(12-13)16-4-2-3-5-19(16)26(24,25)22(18)20(23)14-7-9-15(21)10-8-14/h2-12H,1H3. The minimum atomic E-state index is -4.08. The number of benzene rings is 3. The molecule has 0 aliphatic carbocycles. The number of carbonyl (C=O) groups excluding carboxylic acids is 1. The summed E-state index contributed by atoms with van der Waals surface area (Å²) in [5, 5.41) is 0. The zero-order chi connectivity index (χ0) is 18.5. The van der Waals surface area contributed by atoms with Gasteiger partial charge in [-0.2, -0.15) is 4.31 Å². The first-order valence-electron chi connectivity index (χ1n) is 7.95. The molecular formula is C20H14FNO3S. The fourth-order valence-electron chi connectivity index (χ4n) is 3.11. The van der Waals surface area contributed by atoms with E-state index in [-0.39, 0.29) is 10.5 Å². The van der Waals surface area contributed by atoms with Crippen molar-refractivity contribution in [2.45, 2.75) is 11.8 Å². The van der Waals surface area contributed by atoms with E-state index in [9.17, 15) is 17.6 Å². The van der Waals surface area contributed by atoms with Crippen LogP contribution in [0.2, 0.25) is 0 Å². The predicted octanol–water partition coefficient (Wildman–Crippen LogP) is 4.15. The Morgan fingerprint density at radius 2 is 1.62 bits per heavy atom. The van der Waals surface area contributed by atoms with Gasteiger partial charge in [0.2, 0.25) is 0 Å². The molecule has 1 aliphatic heterocycles. The monoisotopic (exact) mass is 367 g/mol. The average Bonchev–Trinajstić information content (AvgIpc) is 2.63. The maximum atomic E-state index is 13.2. The zero-order valence-electron chi connectivity index (χ0n) is 13.8. The Morgan fingerprint density at radius 3 is 2.35 bits per heavy atom. The van der Waals surface area contributed by atoms with Crippen LogP contribution in [0.5, 0.6) is 0 Å². The van der Waals surface area contributed by atoms with Crippen LogP contribution in [0.1, 0.15) is 15.9 Å². The van der Waals surface area contributed by atoms with Crippen LogP contribution in [0.4, 0.5) is 10.1 Å². The summed E-state index contributed by atoms with van der Waals surface area (Å²) in [6, 6.07) is 16.7. The van der Waals surface area contributed by atoms with Gasteiger partial charge in [-0.05, 0) is 49.4 Å². The van der Waals surface area contributed by atoms with E-state index in [1.165, 1.54) is 18.2 Å². The number of rotatable bonds is 1. The number of halogens is 1. The third-order valence-electron chi connectivity index (χ3n) is 4.34. The third kappa shape index (κ3) is 2.42. The summed E-state index contributed by atoms with van der Waals surface area (Å²) in [6.07, 6.45) is 0. The number of aryl methyl sites for hydroxylation is 1. The van der Waals surface area contributed by atoms with Crippen LogP contribution in [0.25, 0.3) is 11.1 Å². The second-order valence-electron chi connectivity index (χ2n) is 6.10. The number of hydrogen-bond donors (Lipinski definition) is 0. The normalized spacial score (nSPS) is 14.5. The van der Waals surface area contributed by atoms with Crippen molar-refractivity contribution in [1.29, 1.82) is 0 Å². The highest BCUT2D eigenvalue weighted by atomic mass is 32.2. The summed E-state index contributed by atoms with van der Waals surface area (Å²) in [4.78, 5) is 13.1. The lowest BCUT2D eigenvalue weighted by Crippen LogP contribution is -2.39. The van der Waals surface area contributed by atoms with Crippen molar-refractivity contribution < 1.29 is 17.6 Å². The topological polar surface area (TPSA) is 54.5 Å². The fourth-order valence-corrected chi connectivity index (χ4v) is 4.76. The number of hydrogen-bond acceptors (Lipinski definition) is 3. The Bertz CT molecular complexity index is 1140. The van der Waals surface area contributed by atoms with Crippen molar-refractivity contribution in [3.8, 4) is 11.1 Å². The van der Waals surface area contributed by atoms with Gasteiger partial charge in [0.15, 0.2) is 0 Å². The van der Waals surface area contributed by atoms with Crippen molar-refractivity contribution in [2.75, 3.05) is 4.31 Å². The molecule has 0 atom stereocenters. The van der Waals surface area contributed by atoms with Crippen molar-refractivity contribution in [3.63, 3.8) is 0 Å². The molecule has 1 heterocycles. The molecule has 0 N–H and O–H groups in total. The largest absolute Gasteiger partial charge is 0.272 e. The van der Waals surface area contributed by atoms with E-state index in [1.807, 2.05) is 13.0 Å². The second-order valence-corrected chi connectivity index (χ2v) is 7.85. The lowest BCUT2D eigenvalue weighted by molar-refractivity contribution is 0.100. The van der Waals surface area contributed by atoms with E-state index in [0.29, 0.717) is 16.8 Å². The minimum absolute atomic E-state index is 0.0774. The predicted molar refractivity (Wildman–Crippen MR) is 97.0 cm³/mol. The molecule has 3 aromatic carbocycles. The smallest absolute Gasteiger partial charge is 0.268 e. The summed E-state index contributed by atoms with van der Waals surface area (Å²) in [5.41, 5.74) is 2.58. The zero-order valence-corrected chi connectivity index (χ0v) is 14.6. The molecule has 0 saturated heterocycles. The molecule has 26 heavy (non-hydrogen) atoms. The Labute approximate surface area is 150 Å². The maximum absolute atomic E-state index is 13.2.